The fraction of sp³-hybridized carbons (Fsp3) is 0.455. The van der Waals surface area contributed by atoms with Crippen molar-refractivity contribution in [1.82, 2.24) is 10.2 Å². The first-order valence-electron chi connectivity index (χ1n) is 9.49. The van der Waals surface area contributed by atoms with Gasteiger partial charge in [0, 0.05) is 25.7 Å². The molecule has 4 rings (SSSR count). The zero-order valence-corrected chi connectivity index (χ0v) is 15.0. The molecule has 2 fully saturated rings. The van der Waals surface area contributed by atoms with E-state index in [-0.39, 0.29) is 5.54 Å². The largest absolute Gasteiger partial charge is 0.380 e. The molecule has 2 unspecified atom stereocenters. The summed E-state index contributed by atoms with van der Waals surface area (Å²) >= 11 is 0. The Bertz CT molecular complexity index is 635. The topological polar surface area (TPSA) is 24.5 Å². The molecular formula is C22H28N2O. The molecule has 2 aliphatic rings. The summed E-state index contributed by atoms with van der Waals surface area (Å²) in [4.78, 5) is 2.66. The second-order valence-electron chi connectivity index (χ2n) is 7.45. The molecule has 0 saturated carbocycles. The molecule has 2 aromatic carbocycles. The lowest BCUT2D eigenvalue weighted by atomic mass is 9.92. The Morgan fingerprint density at radius 2 is 1.72 bits per heavy atom. The summed E-state index contributed by atoms with van der Waals surface area (Å²) in [6.45, 7) is 5.82. The molecule has 25 heavy (non-hydrogen) atoms. The number of fused-ring (bicyclic) bond motifs is 2. The number of hydrogen-bond acceptors (Lipinski definition) is 3. The highest BCUT2D eigenvalue weighted by molar-refractivity contribution is 5.32. The molecule has 0 spiro atoms. The van der Waals surface area contributed by atoms with Crippen molar-refractivity contribution in [2.75, 3.05) is 26.3 Å². The van der Waals surface area contributed by atoms with Crippen LogP contribution in [0.5, 0.6) is 0 Å². The van der Waals surface area contributed by atoms with Crippen LogP contribution >= 0.6 is 0 Å². The van der Waals surface area contributed by atoms with Crippen molar-refractivity contribution >= 4 is 0 Å². The summed E-state index contributed by atoms with van der Waals surface area (Å²) in [6, 6.07) is 22.7. The van der Waals surface area contributed by atoms with E-state index >= 15 is 0 Å². The summed E-state index contributed by atoms with van der Waals surface area (Å²) < 4.78 is 5.84. The van der Waals surface area contributed by atoms with Crippen LogP contribution in [0.1, 0.15) is 36.9 Å². The number of ether oxygens (including phenoxy) is 1. The highest BCUT2D eigenvalue weighted by Crippen LogP contribution is 2.37. The van der Waals surface area contributed by atoms with Gasteiger partial charge in [-0.25, -0.2) is 0 Å². The monoisotopic (exact) mass is 336 g/mol. The van der Waals surface area contributed by atoms with E-state index in [1.54, 1.807) is 0 Å². The number of nitrogens with zero attached hydrogens (tertiary/aromatic N) is 1. The van der Waals surface area contributed by atoms with Crippen LogP contribution in [0.3, 0.4) is 0 Å². The molecule has 132 valence electrons. The van der Waals surface area contributed by atoms with Crippen LogP contribution in [0.4, 0.5) is 0 Å². The molecule has 0 aromatic heterocycles. The van der Waals surface area contributed by atoms with Crippen molar-refractivity contribution in [3.05, 3.63) is 71.8 Å². The second-order valence-corrected chi connectivity index (χ2v) is 7.45. The van der Waals surface area contributed by atoms with E-state index < -0.39 is 0 Å². The van der Waals surface area contributed by atoms with Crippen molar-refractivity contribution in [2.24, 2.45) is 0 Å². The van der Waals surface area contributed by atoms with Gasteiger partial charge < -0.3 is 10.1 Å². The van der Waals surface area contributed by atoms with E-state index in [2.05, 4.69) is 77.8 Å². The van der Waals surface area contributed by atoms with Crippen LogP contribution < -0.4 is 5.32 Å². The number of piperazine rings is 1. The van der Waals surface area contributed by atoms with Crippen LogP contribution in [0.15, 0.2) is 60.7 Å². The van der Waals surface area contributed by atoms with Crippen LogP contribution in [0, 0.1) is 0 Å². The molecule has 2 bridgehead atoms. The Labute approximate surface area is 151 Å². The number of benzene rings is 2. The third-order valence-electron chi connectivity index (χ3n) is 5.62. The minimum atomic E-state index is 0.112. The fourth-order valence-corrected chi connectivity index (χ4v) is 4.56. The highest BCUT2D eigenvalue weighted by Gasteiger charge is 2.46. The Hall–Kier alpha value is -1.68. The normalized spacial score (nSPS) is 26.2. The van der Waals surface area contributed by atoms with Crippen molar-refractivity contribution < 1.29 is 4.74 Å². The van der Waals surface area contributed by atoms with Gasteiger partial charge in [-0.3, -0.25) is 4.90 Å². The zero-order chi connectivity index (χ0) is 17.1. The predicted octanol–water partition coefficient (Wildman–Crippen LogP) is 3.62. The quantitative estimate of drug-likeness (QED) is 0.872. The zero-order valence-electron chi connectivity index (χ0n) is 15.0. The maximum Gasteiger partial charge on any atom is 0.0660 e. The molecule has 3 heteroatoms. The minimum absolute atomic E-state index is 0.112. The number of likely N-dealkylation sites (tertiary alicyclic amines) is 1. The third kappa shape index (κ3) is 3.50. The Morgan fingerprint density at radius 1 is 1.08 bits per heavy atom. The summed E-state index contributed by atoms with van der Waals surface area (Å²) in [5.41, 5.74) is 2.86. The van der Waals surface area contributed by atoms with Gasteiger partial charge in [-0.05, 0) is 30.9 Å². The first-order chi connectivity index (χ1) is 12.3. The lowest BCUT2D eigenvalue weighted by Gasteiger charge is -2.45. The molecule has 2 heterocycles. The number of rotatable bonds is 6. The van der Waals surface area contributed by atoms with Gasteiger partial charge in [0.25, 0.3) is 0 Å². The minimum Gasteiger partial charge on any atom is -0.380 e. The van der Waals surface area contributed by atoms with Gasteiger partial charge in [0.1, 0.15) is 0 Å². The maximum atomic E-state index is 5.84. The standard InChI is InChI=1S/C22H28N2O/c1-2-25-17-22-14-13-20(23-22)15-24(16-22)21(18-9-5-3-6-10-18)19-11-7-4-8-12-19/h3-12,20-21,23H,2,13-17H2,1H3. The smallest absolute Gasteiger partial charge is 0.0660 e. The van der Waals surface area contributed by atoms with Crippen molar-refractivity contribution in [3.8, 4) is 0 Å². The Kier molecular flexibility index (Phi) is 4.89. The summed E-state index contributed by atoms with van der Waals surface area (Å²) in [6.07, 6.45) is 2.46. The van der Waals surface area contributed by atoms with Gasteiger partial charge in [-0.1, -0.05) is 60.7 Å². The third-order valence-corrected chi connectivity index (χ3v) is 5.62. The van der Waals surface area contributed by atoms with Crippen molar-refractivity contribution in [1.29, 1.82) is 0 Å². The molecule has 0 radical (unpaired) electrons. The van der Waals surface area contributed by atoms with Crippen LogP contribution in [-0.2, 0) is 4.74 Å². The summed E-state index contributed by atoms with van der Waals surface area (Å²) in [5.74, 6) is 0. The molecule has 2 aliphatic heterocycles. The first-order valence-corrected chi connectivity index (χ1v) is 9.49. The SMILES string of the molecule is CCOCC12CCC(CN(C(c3ccccc3)c3ccccc3)C1)N2. The Morgan fingerprint density at radius 3 is 2.32 bits per heavy atom. The van der Waals surface area contributed by atoms with Gasteiger partial charge in [0.2, 0.25) is 0 Å². The van der Waals surface area contributed by atoms with Gasteiger partial charge in [0.05, 0.1) is 18.2 Å². The van der Waals surface area contributed by atoms with E-state index in [4.69, 9.17) is 4.74 Å². The molecule has 0 aliphatic carbocycles. The molecule has 3 nitrogen and oxygen atoms in total. The van der Waals surface area contributed by atoms with E-state index in [1.807, 2.05) is 0 Å². The van der Waals surface area contributed by atoms with Gasteiger partial charge in [0.15, 0.2) is 0 Å². The van der Waals surface area contributed by atoms with Crippen molar-refractivity contribution in [3.63, 3.8) is 0 Å². The lowest BCUT2D eigenvalue weighted by Crippen LogP contribution is -2.62. The summed E-state index contributed by atoms with van der Waals surface area (Å²) in [5, 5.41) is 3.86. The molecule has 2 atom stereocenters. The highest BCUT2D eigenvalue weighted by atomic mass is 16.5. The van der Waals surface area contributed by atoms with E-state index in [0.29, 0.717) is 12.1 Å². The predicted molar refractivity (Wildman–Crippen MR) is 102 cm³/mol. The molecule has 1 N–H and O–H groups in total. The van der Waals surface area contributed by atoms with E-state index in [1.165, 1.54) is 24.0 Å². The van der Waals surface area contributed by atoms with Gasteiger partial charge in [-0.2, -0.15) is 0 Å². The van der Waals surface area contributed by atoms with Crippen LogP contribution in [0.2, 0.25) is 0 Å². The number of hydrogen-bond donors (Lipinski definition) is 1. The molecular weight excluding hydrogens is 308 g/mol. The average molecular weight is 336 g/mol. The fourth-order valence-electron chi connectivity index (χ4n) is 4.56. The average Bonchev–Trinajstić information content (AvgIpc) is 2.97. The Balaban J connectivity index is 1.66. The molecule has 2 saturated heterocycles. The van der Waals surface area contributed by atoms with Crippen molar-refractivity contribution in [2.45, 2.75) is 37.4 Å². The van der Waals surface area contributed by atoms with E-state index in [0.717, 1.165) is 26.3 Å². The van der Waals surface area contributed by atoms with Crippen LogP contribution in [-0.4, -0.2) is 42.8 Å². The maximum absolute atomic E-state index is 5.84. The van der Waals surface area contributed by atoms with Gasteiger partial charge >= 0.3 is 0 Å². The van der Waals surface area contributed by atoms with Crippen LogP contribution in [0.25, 0.3) is 0 Å². The van der Waals surface area contributed by atoms with Gasteiger partial charge in [-0.15, -0.1) is 0 Å². The summed E-state index contributed by atoms with van der Waals surface area (Å²) in [7, 11) is 0. The van der Waals surface area contributed by atoms with E-state index in [9.17, 15) is 0 Å². The number of nitrogens with one attached hydrogen (secondary N) is 1. The first kappa shape index (κ1) is 16.8. The second kappa shape index (κ2) is 7.28. The molecule has 0 amide bonds. The lowest BCUT2D eigenvalue weighted by molar-refractivity contribution is 0.0322. The molecule has 2 aromatic rings.